The van der Waals surface area contributed by atoms with E-state index in [1.807, 2.05) is 30.8 Å². The number of aryl methyl sites for hydroxylation is 2. The van der Waals surface area contributed by atoms with Gasteiger partial charge in [-0.3, -0.25) is 4.79 Å². The highest BCUT2D eigenvalue weighted by Crippen LogP contribution is 2.18. The summed E-state index contributed by atoms with van der Waals surface area (Å²) in [5.41, 5.74) is 4.31. The number of ether oxygens (including phenoxy) is 1. The Morgan fingerprint density at radius 1 is 1.13 bits per heavy atom. The molecule has 122 valence electrons. The Hall–Kier alpha value is -1.94. The van der Waals surface area contributed by atoms with Gasteiger partial charge in [-0.25, -0.2) is 0 Å². The lowest BCUT2D eigenvalue weighted by Gasteiger charge is -2.09. The van der Waals surface area contributed by atoms with Gasteiger partial charge in [-0.1, -0.05) is 24.3 Å². The van der Waals surface area contributed by atoms with Crippen molar-refractivity contribution in [3.63, 3.8) is 0 Å². The highest BCUT2D eigenvalue weighted by atomic mass is 32.2. The molecule has 0 aliphatic rings. The predicted molar refractivity (Wildman–Crippen MR) is 97.4 cm³/mol. The third-order valence-electron chi connectivity index (χ3n) is 3.71. The first-order valence-corrected chi connectivity index (χ1v) is 8.82. The summed E-state index contributed by atoms with van der Waals surface area (Å²) >= 11 is 1.83. The zero-order valence-corrected chi connectivity index (χ0v) is 14.7. The Morgan fingerprint density at radius 2 is 1.91 bits per heavy atom. The van der Waals surface area contributed by atoms with Gasteiger partial charge in [-0.2, -0.15) is 11.8 Å². The summed E-state index contributed by atoms with van der Waals surface area (Å²) in [5, 5.41) is 2.96. The van der Waals surface area contributed by atoms with E-state index in [0.29, 0.717) is 12.1 Å². The minimum atomic E-state index is -0.0350. The molecule has 2 aromatic carbocycles. The van der Waals surface area contributed by atoms with Crippen molar-refractivity contribution in [2.24, 2.45) is 0 Å². The highest BCUT2D eigenvalue weighted by Gasteiger charge is 2.07. The number of hydrogen-bond donors (Lipinski definition) is 1. The molecule has 0 aliphatic carbocycles. The van der Waals surface area contributed by atoms with Crippen LogP contribution in [0.4, 0.5) is 0 Å². The van der Waals surface area contributed by atoms with E-state index >= 15 is 0 Å². The predicted octanol–water partition coefficient (Wildman–Crippen LogP) is 3.98. The van der Waals surface area contributed by atoms with E-state index in [1.54, 1.807) is 13.2 Å². The Labute approximate surface area is 142 Å². The lowest BCUT2D eigenvalue weighted by molar-refractivity contribution is 0.0956. The molecule has 3 nitrogen and oxygen atoms in total. The van der Waals surface area contributed by atoms with Crippen molar-refractivity contribution in [3.8, 4) is 5.75 Å². The molecule has 4 heteroatoms. The third kappa shape index (κ3) is 5.03. The van der Waals surface area contributed by atoms with Crippen LogP contribution in [0, 0.1) is 13.8 Å². The van der Waals surface area contributed by atoms with E-state index < -0.39 is 0 Å². The fourth-order valence-electron chi connectivity index (χ4n) is 2.31. The van der Waals surface area contributed by atoms with Gasteiger partial charge in [-0.15, -0.1) is 0 Å². The normalized spacial score (nSPS) is 10.4. The Balaban J connectivity index is 1.75. The van der Waals surface area contributed by atoms with Gasteiger partial charge in [0.15, 0.2) is 0 Å². The van der Waals surface area contributed by atoms with Crippen LogP contribution in [0.2, 0.25) is 0 Å². The number of benzene rings is 2. The molecular weight excluding hydrogens is 306 g/mol. The molecule has 0 radical (unpaired) electrons. The topological polar surface area (TPSA) is 38.3 Å². The minimum absolute atomic E-state index is 0.0350. The van der Waals surface area contributed by atoms with Crippen molar-refractivity contribution in [3.05, 3.63) is 64.7 Å². The lowest BCUT2D eigenvalue weighted by atomic mass is 10.1. The second kappa shape index (κ2) is 8.63. The maximum Gasteiger partial charge on any atom is 0.251 e. The molecule has 0 saturated heterocycles. The van der Waals surface area contributed by atoms with Gasteiger partial charge in [0.05, 0.1) is 7.11 Å². The van der Waals surface area contributed by atoms with Gasteiger partial charge >= 0.3 is 0 Å². The van der Waals surface area contributed by atoms with Gasteiger partial charge in [-0.05, 0) is 48.7 Å². The van der Waals surface area contributed by atoms with Crippen molar-refractivity contribution < 1.29 is 9.53 Å². The molecule has 0 bridgehead atoms. The Morgan fingerprint density at radius 3 is 2.61 bits per heavy atom. The number of thioether (sulfide) groups is 1. The van der Waals surface area contributed by atoms with Crippen LogP contribution >= 0.6 is 11.8 Å². The van der Waals surface area contributed by atoms with E-state index in [1.165, 1.54) is 11.1 Å². The van der Waals surface area contributed by atoms with Gasteiger partial charge in [0.2, 0.25) is 0 Å². The number of nitrogens with one attached hydrogen (secondary N) is 1. The monoisotopic (exact) mass is 329 g/mol. The number of rotatable bonds is 7. The summed E-state index contributed by atoms with van der Waals surface area (Å²) < 4.78 is 5.21. The van der Waals surface area contributed by atoms with Gasteiger partial charge < -0.3 is 10.1 Å². The third-order valence-corrected chi connectivity index (χ3v) is 4.72. The Bertz CT molecular complexity index is 670. The molecule has 1 N–H and O–H groups in total. The summed E-state index contributed by atoms with van der Waals surface area (Å²) in [7, 11) is 1.63. The molecule has 0 aromatic heterocycles. The molecule has 0 heterocycles. The molecule has 0 aliphatic heterocycles. The van der Waals surface area contributed by atoms with E-state index in [9.17, 15) is 4.79 Å². The number of amides is 1. The van der Waals surface area contributed by atoms with Crippen LogP contribution in [-0.2, 0) is 5.75 Å². The van der Waals surface area contributed by atoms with E-state index in [0.717, 1.165) is 22.8 Å². The summed E-state index contributed by atoms with van der Waals surface area (Å²) in [6, 6.07) is 13.9. The van der Waals surface area contributed by atoms with Crippen molar-refractivity contribution in [1.82, 2.24) is 5.32 Å². The second-order valence-electron chi connectivity index (χ2n) is 5.42. The molecule has 2 aromatic rings. The number of carbonyl (C=O) groups is 1. The van der Waals surface area contributed by atoms with Crippen molar-refractivity contribution >= 4 is 17.7 Å². The summed E-state index contributed by atoms with van der Waals surface area (Å²) in [5.74, 6) is 2.64. The van der Waals surface area contributed by atoms with Gasteiger partial charge in [0.1, 0.15) is 5.75 Å². The fourth-order valence-corrected chi connectivity index (χ4v) is 3.25. The molecule has 0 fully saturated rings. The van der Waals surface area contributed by atoms with E-state index in [4.69, 9.17) is 4.74 Å². The van der Waals surface area contributed by atoms with Crippen LogP contribution in [0.25, 0.3) is 0 Å². The summed E-state index contributed by atoms with van der Waals surface area (Å²) in [6.45, 7) is 4.73. The standard InChI is InChI=1S/C19H23NO2S/c1-14-6-4-5-7-17(14)13-23-11-10-20-19(21)16-8-9-18(22-3)15(2)12-16/h4-9,12H,10-11,13H2,1-3H3,(H,20,21). The van der Waals surface area contributed by atoms with Crippen LogP contribution in [0.1, 0.15) is 27.0 Å². The van der Waals surface area contributed by atoms with Crippen molar-refractivity contribution in [1.29, 1.82) is 0 Å². The minimum Gasteiger partial charge on any atom is -0.496 e. The van der Waals surface area contributed by atoms with Gasteiger partial charge in [0, 0.05) is 23.6 Å². The average molecular weight is 329 g/mol. The smallest absolute Gasteiger partial charge is 0.251 e. The lowest BCUT2D eigenvalue weighted by Crippen LogP contribution is -2.25. The van der Waals surface area contributed by atoms with Crippen LogP contribution < -0.4 is 10.1 Å². The molecule has 23 heavy (non-hydrogen) atoms. The largest absolute Gasteiger partial charge is 0.496 e. The zero-order chi connectivity index (χ0) is 16.7. The van der Waals surface area contributed by atoms with Crippen LogP contribution in [0.3, 0.4) is 0 Å². The van der Waals surface area contributed by atoms with Crippen LogP contribution in [-0.4, -0.2) is 25.3 Å². The van der Waals surface area contributed by atoms with Crippen LogP contribution in [0.5, 0.6) is 5.75 Å². The number of hydrogen-bond acceptors (Lipinski definition) is 3. The first kappa shape index (κ1) is 17.4. The molecule has 0 spiro atoms. The highest BCUT2D eigenvalue weighted by molar-refractivity contribution is 7.98. The number of carbonyl (C=O) groups excluding carboxylic acids is 1. The molecule has 0 unspecified atom stereocenters. The SMILES string of the molecule is COc1ccc(C(=O)NCCSCc2ccccc2C)cc1C. The van der Waals surface area contributed by atoms with Crippen molar-refractivity contribution in [2.45, 2.75) is 19.6 Å². The molecular formula is C19H23NO2S. The maximum absolute atomic E-state index is 12.1. The second-order valence-corrected chi connectivity index (χ2v) is 6.52. The summed E-state index contributed by atoms with van der Waals surface area (Å²) in [6.07, 6.45) is 0. The van der Waals surface area contributed by atoms with Gasteiger partial charge in [0.25, 0.3) is 5.91 Å². The van der Waals surface area contributed by atoms with Crippen LogP contribution in [0.15, 0.2) is 42.5 Å². The molecule has 2 rings (SSSR count). The first-order chi connectivity index (χ1) is 11.1. The summed E-state index contributed by atoms with van der Waals surface area (Å²) in [4.78, 5) is 12.1. The first-order valence-electron chi connectivity index (χ1n) is 7.67. The molecule has 0 atom stereocenters. The zero-order valence-electron chi connectivity index (χ0n) is 13.9. The number of methoxy groups -OCH3 is 1. The quantitative estimate of drug-likeness (QED) is 0.781. The molecule has 0 saturated carbocycles. The average Bonchev–Trinajstić information content (AvgIpc) is 2.56. The molecule has 1 amide bonds. The fraction of sp³-hybridized carbons (Fsp3) is 0.316. The van der Waals surface area contributed by atoms with E-state index in [2.05, 4.69) is 36.5 Å². The maximum atomic E-state index is 12.1. The van der Waals surface area contributed by atoms with Crippen molar-refractivity contribution in [2.75, 3.05) is 19.4 Å². The Kier molecular flexibility index (Phi) is 6.53. The van der Waals surface area contributed by atoms with E-state index in [-0.39, 0.29) is 5.91 Å².